The number of hydrogen-bond acceptors (Lipinski definition) is 2. The largest absolute Gasteiger partial charge is 0.306 e. The van der Waals surface area contributed by atoms with Crippen LogP contribution in [-0.4, -0.2) is 28.4 Å². The first-order valence-corrected chi connectivity index (χ1v) is 15.8. The lowest BCUT2D eigenvalue weighted by molar-refractivity contribution is -0.130. The maximum atomic E-state index is 14.2. The van der Waals surface area contributed by atoms with Gasteiger partial charge in [-0.3, -0.25) is 9.69 Å². The Hall–Kier alpha value is -2.13. The molecule has 2 aromatic carbocycles. The molecule has 0 bridgehead atoms. The Kier molecular flexibility index (Phi) is 14.5. The van der Waals surface area contributed by atoms with Crippen LogP contribution < -0.4 is 4.90 Å². The molecular formula is C36H60N2O. The molecule has 2 aliphatic heterocycles. The van der Waals surface area contributed by atoms with Crippen molar-refractivity contribution in [3.05, 3.63) is 65.7 Å². The van der Waals surface area contributed by atoms with Crippen LogP contribution in [0.3, 0.4) is 0 Å². The van der Waals surface area contributed by atoms with Gasteiger partial charge in [-0.2, -0.15) is 0 Å². The third-order valence-electron chi connectivity index (χ3n) is 9.02. The number of amides is 1. The van der Waals surface area contributed by atoms with Crippen LogP contribution in [-0.2, 0) is 17.8 Å². The average molecular weight is 537 g/mol. The smallest absolute Gasteiger partial charge is 0.230 e. The van der Waals surface area contributed by atoms with Crippen molar-refractivity contribution >= 4 is 11.6 Å². The zero-order valence-corrected chi connectivity index (χ0v) is 27.6. The van der Waals surface area contributed by atoms with E-state index in [1.807, 2.05) is 41.5 Å². The highest BCUT2D eigenvalue weighted by atomic mass is 16.2. The number of nitrogens with zero attached hydrogens (tertiary/aromatic N) is 2. The lowest BCUT2D eigenvalue weighted by Gasteiger charge is -2.53. The number of piperidine rings is 1. The van der Waals surface area contributed by atoms with Crippen molar-refractivity contribution in [1.82, 2.24) is 4.90 Å². The number of likely N-dealkylation sites (tertiary alicyclic amines) is 1. The molecule has 0 aliphatic carbocycles. The first-order valence-electron chi connectivity index (χ1n) is 15.8. The fourth-order valence-electron chi connectivity index (χ4n) is 6.69. The molecule has 3 nitrogen and oxygen atoms in total. The molecular weight excluding hydrogens is 476 g/mol. The van der Waals surface area contributed by atoms with Crippen LogP contribution in [0.2, 0.25) is 0 Å². The van der Waals surface area contributed by atoms with Crippen molar-refractivity contribution < 1.29 is 4.79 Å². The van der Waals surface area contributed by atoms with Crippen LogP contribution in [0.25, 0.3) is 0 Å². The third kappa shape index (κ3) is 7.75. The van der Waals surface area contributed by atoms with Gasteiger partial charge in [0.1, 0.15) is 0 Å². The summed E-state index contributed by atoms with van der Waals surface area (Å²) in [5, 5.41) is 0. The molecule has 2 heterocycles. The Morgan fingerprint density at radius 2 is 1.31 bits per heavy atom. The number of carbonyl (C=O) groups is 1. The zero-order valence-electron chi connectivity index (χ0n) is 27.6. The zero-order chi connectivity index (χ0) is 29.9. The molecule has 1 fully saturated rings. The summed E-state index contributed by atoms with van der Waals surface area (Å²) < 4.78 is 0. The maximum Gasteiger partial charge on any atom is 0.230 e. The van der Waals surface area contributed by atoms with Crippen molar-refractivity contribution in [2.24, 2.45) is 23.7 Å². The van der Waals surface area contributed by atoms with E-state index in [4.69, 9.17) is 0 Å². The number of anilines is 1. The molecule has 3 heteroatoms. The quantitative estimate of drug-likeness (QED) is 0.388. The standard InChI is InChI=1S/C30H42N2O.3C2H6/c1-20-23(4)31(19-25-13-9-8-10-14-25)24(5)21(2)28(20)22(3)29(33)32-27-16-12-11-15-26(27)17-18-30(32,6)7;3*1-2/h8-16,20-24,28H,17-19H2,1-7H3;3*1-2H3. The van der Waals surface area contributed by atoms with Crippen molar-refractivity contribution in [1.29, 1.82) is 0 Å². The number of benzene rings is 2. The van der Waals surface area contributed by atoms with Crippen molar-refractivity contribution in [2.45, 2.75) is 127 Å². The SMILES string of the molecule is CC.CC.CC.CC(C(=O)N1c2ccccc2CCC1(C)C)C1C(C)C(C)N(Cc2ccccc2)C(C)C1C. The van der Waals surface area contributed by atoms with Gasteiger partial charge in [-0.15, -0.1) is 0 Å². The highest BCUT2D eigenvalue weighted by Gasteiger charge is 2.48. The predicted molar refractivity (Wildman–Crippen MR) is 172 cm³/mol. The number of hydrogen-bond donors (Lipinski definition) is 0. The molecule has 1 amide bonds. The van der Waals surface area contributed by atoms with Gasteiger partial charge in [0.05, 0.1) is 0 Å². The normalized spacial score (nSPS) is 26.3. The van der Waals surface area contributed by atoms with Crippen molar-refractivity contribution in [2.75, 3.05) is 4.90 Å². The number of carbonyl (C=O) groups excluding carboxylic acids is 1. The van der Waals surface area contributed by atoms with Crippen LogP contribution in [0.1, 0.15) is 108 Å². The molecule has 0 N–H and O–H groups in total. The highest BCUT2D eigenvalue weighted by Crippen LogP contribution is 2.45. The van der Waals surface area contributed by atoms with Crippen LogP contribution in [0.5, 0.6) is 0 Å². The lowest BCUT2D eigenvalue weighted by atomic mass is 9.66. The first-order chi connectivity index (χ1) is 18.6. The van der Waals surface area contributed by atoms with Gasteiger partial charge in [0.25, 0.3) is 0 Å². The Bertz CT molecular complexity index is 953. The fraction of sp³-hybridized carbons (Fsp3) is 0.639. The molecule has 0 aromatic heterocycles. The summed E-state index contributed by atoms with van der Waals surface area (Å²) in [4.78, 5) is 19.0. The number of para-hydroxylation sites is 1. The topological polar surface area (TPSA) is 23.6 Å². The number of aryl methyl sites for hydroxylation is 1. The molecule has 4 rings (SSSR count). The number of fused-ring (bicyclic) bond motifs is 1. The average Bonchev–Trinajstić information content (AvgIpc) is 2.97. The summed E-state index contributed by atoms with van der Waals surface area (Å²) in [6, 6.07) is 20.1. The van der Waals surface area contributed by atoms with Crippen LogP contribution >= 0.6 is 0 Å². The Morgan fingerprint density at radius 3 is 1.85 bits per heavy atom. The van der Waals surface area contributed by atoms with Crippen LogP contribution in [0.4, 0.5) is 5.69 Å². The molecule has 2 aromatic rings. The van der Waals surface area contributed by atoms with E-state index >= 15 is 0 Å². The minimum absolute atomic E-state index is 0.00999. The van der Waals surface area contributed by atoms with Gasteiger partial charge >= 0.3 is 0 Å². The molecule has 220 valence electrons. The van der Waals surface area contributed by atoms with E-state index in [0.717, 1.165) is 25.1 Å². The van der Waals surface area contributed by atoms with Gasteiger partial charge in [0.2, 0.25) is 5.91 Å². The maximum absolute atomic E-state index is 14.2. The fourth-order valence-corrected chi connectivity index (χ4v) is 6.69. The molecule has 5 unspecified atom stereocenters. The third-order valence-corrected chi connectivity index (χ3v) is 9.02. The summed E-state index contributed by atoms with van der Waals surface area (Å²) in [7, 11) is 0. The molecule has 0 saturated carbocycles. The summed E-state index contributed by atoms with van der Waals surface area (Å²) >= 11 is 0. The van der Waals surface area contributed by atoms with E-state index in [-0.39, 0.29) is 11.5 Å². The summed E-state index contributed by atoms with van der Waals surface area (Å²) in [5.74, 6) is 1.54. The minimum Gasteiger partial charge on any atom is -0.306 e. The molecule has 0 spiro atoms. The van der Waals surface area contributed by atoms with E-state index in [9.17, 15) is 4.79 Å². The van der Waals surface area contributed by atoms with E-state index < -0.39 is 0 Å². The van der Waals surface area contributed by atoms with Gasteiger partial charge in [-0.1, -0.05) is 111 Å². The van der Waals surface area contributed by atoms with Gasteiger partial charge in [-0.25, -0.2) is 0 Å². The Morgan fingerprint density at radius 1 is 0.821 bits per heavy atom. The monoisotopic (exact) mass is 536 g/mol. The summed E-state index contributed by atoms with van der Waals surface area (Å²) in [6.45, 7) is 29.1. The lowest BCUT2D eigenvalue weighted by Crippen LogP contribution is -2.59. The highest BCUT2D eigenvalue weighted by molar-refractivity contribution is 5.97. The van der Waals surface area contributed by atoms with Gasteiger partial charge in [-0.05, 0) is 75.5 Å². The minimum atomic E-state index is -0.155. The van der Waals surface area contributed by atoms with Gasteiger partial charge in [0, 0.05) is 35.8 Å². The van der Waals surface area contributed by atoms with Crippen LogP contribution in [0.15, 0.2) is 54.6 Å². The number of rotatable bonds is 4. The predicted octanol–water partition coefficient (Wildman–Crippen LogP) is 9.64. The second-order valence-electron chi connectivity index (χ2n) is 11.3. The molecule has 39 heavy (non-hydrogen) atoms. The second kappa shape index (κ2) is 16.2. The summed E-state index contributed by atoms with van der Waals surface area (Å²) in [5.41, 5.74) is 3.63. The van der Waals surface area contributed by atoms with E-state index in [2.05, 4.69) is 113 Å². The molecule has 2 aliphatic rings. The first kappa shape index (κ1) is 34.9. The Balaban J connectivity index is 0.00000119. The van der Waals surface area contributed by atoms with E-state index in [1.54, 1.807) is 0 Å². The van der Waals surface area contributed by atoms with Crippen LogP contribution in [0, 0.1) is 23.7 Å². The molecule has 1 saturated heterocycles. The van der Waals surface area contributed by atoms with Crippen molar-refractivity contribution in [3.8, 4) is 0 Å². The van der Waals surface area contributed by atoms with E-state index in [1.165, 1.54) is 11.1 Å². The summed E-state index contributed by atoms with van der Waals surface area (Å²) in [6.07, 6.45) is 2.05. The van der Waals surface area contributed by atoms with Crippen molar-refractivity contribution in [3.63, 3.8) is 0 Å². The molecule has 5 atom stereocenters. The van der Waals surface area contributed by atoms with Gasteiger partial charge < -0.3 is 4.90 Å². The van der Waals surface area contributed by atoms with Gasteiger partial charge in [0.15, 0.2) is 0 Å². The second-order valence-corrected chi connectivity index (χ2v) is 11.3. The van der Waals surface area contributed by atoms with E-state index in [0.29, 0.717) is 35.7 Å². The Labute approximate surface area is 242 Å². The molecule has 0 radical (unpaired) electrons.